The molecule has 16 heteroatoms. The molecule has 3 aliphatic heterocycles. The highest BCUT2D eigenvalue weighted by Gasteiger charge is 2.53. The minimum absolute atomic E-state index is 0.186. The zero-order valence-corrected chi connectivity index (χ0v) is 28.1. The smallest absolute Gasteiger partial charge is 0.303 e. The number of hydrogen-bond donors (Lipinski definition) is 9. The second-order valence-electron chi connectivity index (χ2n) is 13.2. The SMILES string of the molecule is CCC[C@@H](CCCCCCCCCC(=O)O)O[C@@H]1O[C@H](C)[C@H](O)[C@H](O)[C@H]1O[C@@H]1O[C@H](CO)[C@@H](O)[C@H](O)[C@H]1O[C@@H]1O[C@@H](C)[C@H](O)[C@@H](O)[C@H]1O. The lowest BCUT2D eigenvalue weighted by Gasteiger charge is -2.48. The normalized spacial score (nSPS) is 41.3. The first-order valence-electron chi connectivity index (χ1n) is 17.3. The van der Waals surface area contributed by atoms with Crippen LogP contribution in [0.15, 0.2) is 0 Å². The summed E-state index contributed by atoms with van der Waals surface area (Å²) < 4.78 is 35.4. The molecule has 3 fully saturated rings. The van der Waals surface area contributed by atoms with Crippen molar-refractivity contribution >= 4 is 5.97 Å². The molecular formula is C32H58O16. The minimum Gasteiger partial charge on any atom is -0.481 e. The van der Waals surface area contributed by atoms with Gasteiger partial charge in [-0.1, -0.05) is 51.9 Å². The molecule has 0 amide bonds. The highest BCUT2D eigenvalue weighted by Crippen LogP contribution is 2.34. The van der Waals surface area contributed by atoms with E-state index in [4.69, 9.17) is 33.5 Å². The maximum atomic E-state index is 11.2. The number of carboxylic acid groups (broad SMARTS) is 1. The molecule has 16 atom stereocenters. The third kappa shape index (κ3) is 11.2. The van der Waals surface area contributed by atoms with Crippen LogP contribution in [0.25, 0.3) is 0 Å². The van der Waals surface area contributed by atoms with Gasteiger partial charge >= 0.3 is 5.97 Å². The zero-order valence-electron chi connectivity index (χ0n) is 28.1. The van der Waals surface area contributed by atoms with Crippen molar-refractivity contribution < 1.29 is 79.2 Å². The van der Waals surface area contributed by atoms with Gasteiger partial charge in [0, 0.05) is 6.42 Å². The molecule has 3 aliphatic rings. The molecule has 0 saturated carbocycles. The fourth-order valence-corrected chi connectivity index (χ4v) is 6.33. The van der Waals surface area contributed by atoms with Crippen LogP contribution >= 0.6 is 0 Å². The average Bonchev–Trinajstić information content (AvgIpc) is 3.05. The predicted octanol–water partition coefficient (Wildman–Crippen LogP) is -0.729. The molecule has 0 spiro atoms. The molecule has 0 radical (unpaired) electrons. The first-order chi connectivity index (χ1) is 22.8. The zero-order chi connectivity index (χ0) is 35.5. The van der Waals surface area contributed by atoms with Gasteiger partial charge in [0.15, 0.2) is 18.9 Å². The molecule has 0 bridgehead atoms. The Kier molecular flexibility index (Phi) is 17.3. The third-order valence-electron chi connectivity index (χ3n) is 9.35. The number of carbonyl (C=O) groups is 1. The standard InChI is InChI=1S/C32H58O16/c1-4-12-18(13-10-8-6-5-7-9-11-14-20(34)35)45-31-28(25(40)22(37)17(3)44-31)48-32-29(26(41)23(38)19(15-33)46-32)47-30-27(42)24(39)21(36)16(2)43-30/h16-19,21-33,36-42H,4-15H2,1-3H3,(H,34,35)/t16-,17+,18-,19+,21-,22-,23+,24+,25-,26-,27+,28+,29+,30-,31-,32-/m0/s1. The van der Waals surface area contributed by atoms with E-state index in [2.05, 4.69) is 0 Å². The van der Waals surface area contributed by atoms with Crippen molar-refractivity contribution in [3.63, 3.8) is 0 Å². The van der Waals surface area contributed by atoms with E-state index in [1.165, 1.54) is 6.92 Å². The van der Waals surface area contributed by atoms with Crippen LogP contribution in [0.3, 0.4) is 0 Å². The van der Waals surface area contributed by atoms with Crippen molar-refractivity contribution in [1.82, 2.24) is 0 Å². The number of aliphatic hydroxyl groups is 8. The number of ether oxygens (including phenoxy) is 6. The summed E-state index contributed by atoms with van der Waals surface area (Å²) in [4.78, 5) is 10.7. The third-order valence-corrected chi connectivity index (χ3v) is 9.35. The Morgan fingerprint density at radius 1 is 0.625 bits per heavy atom. The van der Waals surface area contributed by atoms with Crippen LogP contribution in [0, 0.1) is 0 Å². The summed E-state index contributed by atoms with van der Waals surface area (Å²) in [5, 5.41) is 92.9. The molecule has 0 aromatic carbocycles. The summed E-state index contributed by atoms with van der Waals surface area (Å²) in [7, 11) is 0. The molecule has 3 rings (SSSR count). The molecule has 0 aliphatic carbocycles. The summed E-state index contributed by atoms with van der Waals surface area (Å²) in [5.41, 5.74) is 0. The maximum absolute atomic E-state index is 11.2. The van der Waals surface area contributed by atoms with Crippen LogP contribution in [0.1, 0.15) is 91.4 Å². The van der Waals surface area contributed by atoms with Crippen LogP contribution in [-0.2, 0) is 33.2 Å². The van der Waals surface area contributed by atoms with Crippen LogP contribution in [0.5, 0.6) is 0 Å². The van der Waals surface area contributed by atoms with Crippen LogP contribution < -0.4 is 0 Å². The largest absolute Gasteiger partial charge is 0.481 e. The van der Waals surface area contributed by atoms with Gasteiger partial charge in [-0.3, -0.25) is 4.79 Å². The van der Waals surface area contributed by atoms with Crippen LogP contribution in [0.4, 0.5) is 0 Å². The Morgan fingerprint density at radius 2 is 1.15 bits per heavy atom. The summed E-state index contributed by atoms with van der Waals surface area (Å²) >= 11 is 0. The van der Waals surface area contributed by atoms with Crippen molar-refractivity contribution in [3.8, 4) is 0 Å². The van der Waals surface area contributed by atoms with Gasteiger partial charge in [0.25, 0.3) is 0 Å². The van der Waals surface area contributed by atoms with E-state index in [0.717, 1.165) is 44.9 Å². The Bertz CT molecular complexity index is 929. The van der Waals surface area contributed by atoms with Gasteiger partial charge in [0.1, 0.15) is 61.0 Å². The van der Waals surface area contributed by atoms with E-state index in [9.17, 15) is 45.6 Å². The van der Waals surface area contributed by atoms with E-state index in [0.29, 0.717) is 19.3 Å². The first-order valence-corrected chi connectivity index (χ1v) is 17.3. The lowest BCUT2D eigenvalue weighted by atomic mass is 9.96. The molecule has 3 saturated heterocycles. The van der Waals surface area contributed by atoms with E-state index in [-0.39, 0.29) is 12.5 Å². The van der Waals surface area contributed by atoms with Gasteiger partial charge in [-0.15, -0.1) is 0 Å². The molecule has 16 nitrogen and oxygen atoms in total. The highest BCUT2D eigenvalue weighted by molar-refractivity contribution is 5.66. The summed E-state index contributed by atoms with van der Waals surface area (Å²) in [6.07, 6.45) is -13.5. The Balaban J connectivity index is 1.70. The second kappa shape index (κ2) is 20.1. The summed E-state index contributed by atoms with van der Waals surface area (Å²) in [6.45, 7) is 4.29. The fraction of sp³-hybridized carbons (Fsp3) is 0.969. The van der Waals surface area contributed by atoms with Gasteiger partial charge in [-0.05, 0) is 33.1 Å². The van der Waals surface area contributed by atoms with Crippen LogP contribution in [-0.4, -0.2) is 157 Å². The van der Waals surface area contributed by atoms with E-state index in [1.807, 2.05) is 6.92 Å². The molecule has 3 heterocycles. The second-order valence-corrected chi connectivity index (χ2v) is 13.2. The lowest BCUT2D eigenvalue weighted by molar-refractivity contribution is -0.393. The topological polar surface area (TPSA) is 255 Å². The molecule has 0 aromatic rings. The van der Waals surface area contributed by atoms with Crippen molar-refractivity contribution in [1.29, 1.82) is 0 Å². The van der Waals surface area contributed by atoms with Crippen molar-refractivity contribution in [2.24, 2.45) is 0 Å². The number of aliphatic hydroxyl groups excluding tert-OH is 8. The fourth-order valence-electron chi connectivity index (χ4n) is 6.33. The van der Waals surface area contributed by atoms with E-state index in [1.54, 1.807) is 6.92 Å². The van der Waals surface area contributed by atoms with Gasteiger partial charge in [0.05, 0.1) is 24.9 Å². The van der Waals surface area contributed by atoms with E-state index < -0.39 is 105 Å². The van der Waals surface area contributed by atoms with Crippen molar-refractivity contribution in [2.75, 3.05) is 6.61 Å². The lowest BCUT2D eigenvalue weighted by Crippen LogP contribution is -2.66. The summed E-state index contributed by atoms with van der Waals surface area (Å²) in [5.74, 6) is -0.779. The van der Waals surface area contributed by atoms with Gasteiger partial charge < -0.3 is 74.4 Å². The number of rotatable bonds is 19. The molecule has 0 unspecified atom stereocenters. The molecular weight excluding hydrogens is 640 g/mol. The molecule has 9 N–H and O–H groups in total. The van der Waals surface area contributed by atoms with Crippen molar-refractivity contribution in [2.45, 2.75) is 190 Å². The Morgan fingerprint density at radius 3 is 1.75 bits per heavy atom. The number of hydrogen-bond acceptors (Lipinski definition) is 15. The molecule has 0 aromatic heterocycles. The summed E-state index contributed by atoms with van der Waals surface area (Å²) in [6, 6.07) is 0. The number of carboxylic acids is 1. The monoisotopic (exact) mass is 698 g/mol. The maximum Gasteiger partial charge on any atom is 0.303 e. The van der Waals surface area contributed by atoms with E-state index >= 15 is 0 Å². The van der Waals surface area contributed by atoms with Gasteiger partial charge in [-0.2, -0.15) is 0 Å². The quantitative estimate of drug-likeness (QED) is 0.0754. The minimum atomic E-state index is -1.77. The number of aliphatic carboxylic acids is 1. The predicted molar refractivity (Wildman–Crippen MR) is 165 cm³/mol. The average molecular weight is 699 g/mol. The van der Waals surface area contributed by atoms with Crippen LogP contribution in [0.2, 0.25) is 0 Å². The number of unbranched alkanes of at least 4 members (excludes halogenated alkanes) is 6. The molecule has 48 heavy (non-hydrogen) atoms. The Labute approximate surface area is 281 Å². The van der Waals surface area contributed by atoms with Gasteiger partial charge in [-0.25, -0.2) is 0 Å². The van der Waals surface area contributed by atoms with Gasteiger partial charge in [0.2, 0.25) is 0 Å². The van der Waals surface area contributed by atoms with Crippen molar-refractivity contribution in [3.05, 3.63) is 0 Å². The Hall–Kier alpha value is -1.09. The molecule has 282 valence electrons. The first kappa shape index (κ1) is 41.3. The highest BCUT2D eigenvalue weighted by atomic mass is 16.8.